The molecular weight excluding hydrogens is 350 g/mol. The molecule has 0 aliphatic carbocycles. The van der Waals surface area contributed by atoms with Gasteiger partial charge >= 0.3 is 0 Å². The lowest BCUT2D eigenvalue weighted by molar-refractivity contribution is 0.102. The van der Waals surface area contributed by atoms with Gasteiger partial charge < -0.3 is 15.8 Å². The fourth-order valence-corrected chi connectivity index (χ4v) is 3.00. The molecule has 138 valence electrons. The van der Waals surface area contributed by atoms with E-state index in [4.69, 9.17) is 10.5 Å². The van der Waals surface area contributed by atoms with Crippen molar-refractivity contribution in [1.82, 2.24) is 4.98 Å². The van der Waals surface area contributed by atoms with Crippen molar-refractivity contribution >= 4 is 28.1 Å². The molecule has 0 aliphatic rings. The molecule has 0 saturated carbocycles. The van der Waals surface area contributed by atoms with Crippen LogP contribution in [0.1, 0.15) is 16.1 Å². The van der Waals surface area contributed by atoms with Gasteiger partial charge in [0.25, 0.3) is 5.91 Å². The highest BCUT2D eigenvalue weighted by Gasteiger charge is 2.12. The van der Waals surface area contributed by atoms with E-state index in [9.17, 15) is 4.79 Å². The number of fused-ring (bicyclic) bond motifs is 1. The number of benzene rings is 3. The summed E-state index contributed by atoms with van der Waals surface area (Å²) in [7, 11) is 0. The molecule has 4 aromatic rings. The van der Waals surface area contributed by atoms with Crippen LogP contribution in [0.2, 0.25) is 0 Å². The van der Waals surface area contributed by atoms with Gasteiger partial charge in [-0.1, -0.05) is 54.6 Å². The molecule has 0 unspecified atom stereocenters. The maximum Gasteiger partial charge on any atom is 0.274 e. The fraction of sp³-hybridized carbons (Fsp3) is 0.0435. The van der Waals surface area contributed by atoms with Crippen LogP contribution in [0.4, 0.5) is 11.4 Å². The molecule has 1 heterocycles. The molecule has 0 spiro atoms. The molecule has 3 aromatic carbocycles. The summed E-state index contributed by atoms with van der Waals surface area (Å²) in [6, 6.07) is 24.7. The zero-order chi connectivity index (χ0) is 19.3. The van der Waals surface area contributed by atoms with E-state index in [2.05, 4.69) is 10.3 Å². The standard InChI is InChI=1S/C23H19N3O2/c24-17-12-13-25-21(14-17)23(27)26-20-10-11-22(19-9-5-4-8-18(19)20)28-15-16-6-2-1-3-7-16/h1-14H,15H2,(H2,24,25)(H,26,27). The van der Waals surface area contributed by atoms with Crippen molar-refractivity contribution in [2.24, 2.45) is 0 Å². The van der Waals surface area contributed by atoms with Crippen molar-refractivity contribution in [3.05, 3.63) is 96.3 Å². The van der Waals surface area contributed by atoms with Crippen molar-refractivity contribution < 1.29 is 9.53 Å². The Labute approximate surface area is 162 Å². The molecule has 1 aromatic heterocycles. The Morgan fingerprint density at radius 1 is 0.929 bits per heavy atom. The first-order valence-corrected chi connectivity index (χ1v) is 8.92. The van der Waals surface area contributed by atoms with Gasteiger partial charge in [-0.05, 0) is 29.8 Å². The predicted molar refractivity (Wildman–Crippen MR) is 111 cm³/mol. The Morgan fingerprint density at radius 3 is 2.46 bits per heavy atom. The highest BCUT2D eigenvalue weighted by molar-refractivity contribution is 6.09. The lowest BCUT2D eigenvalue weighted by atomic mass is 10.1. The number of amides is 1. The minimum Gasteiger partial charge on any atom is -0.488 e. The summed E-state index contributed by atoms with van der Waals surface area (Å²) in [6.07, 6.45) is 1.52. The number of nitrogens with two attached hydrogens (primary N) is 1. The first-order chi connectivity index (χ1) is 13.7. The number of nitrogen functional groups attached to an aromatic ring is 1. The molecule has 28 heavy (non-hydrogen) atoms. The van der Waals surface area contributed by atoms with Gasteiger partial charge in [-0.15, -0.1) is 0 Å². The SMILES string of the molecule is Nc1ccnc(C(=O)Nc2ccc(OCc3ccccc3)c3ccccc23)c1. The largest absolute Gasteiger partial charge is 0.488 e. The van der Waals surface area contributed by atoms with E-state index in [1.54, 1.807) is 12.1 Å². The second kappa shape index (κ2) is 7.80. The predicted octanol–water partition coefficient (Wildman–Crippen LogP) is 4.65. The van der Waals surface area contributed by atoms with E-state index in [0.29, 0.717) is 18.0 Å². The van der Waals surface area contributed by atoms with Gasteiger partial charge in [0.2, 0.25) is 0 Å². The molecule has 5 nitrogen and oxygen atoms in total. The average molecular weight is 369 g/mol. The number of nitrogens with one attached hydrogen (secondary N) is 1. The Bertz CT molecular complexity index is 1130. The molecule has 5 heteroatoms. The quantitative estimate of drug-likeness (QED) is 0.537. The number of pyridine rings is 1. The summed E-state index contributed by atoms with van der Waals surface area (Å²) in [5.74, 6) is 0.454. The normalized spacial score (nSPS) is 10.6. The molecule has 0 radical (unpaired) electrons. The van der Waals surface area contributed by atoms with Crippen LogP contribution < -0.4 is 15.8 Å². The van der Waals surface area contributed by atoms with Crippen molar-refractivity contribution in [1.29, 1.82) is 0 Å². The van der Waals surface area contributed by atoms with Crippen molar-refractivity contribution in [2.75, 3.05) is 11.1 Å². The second-order valence-electron chi connectivity index (χ2n) is 6.36. The highest BCUT2D eigenvalue weighted by Crippen LogP contribution is 2.32. The summed E-state index contributed by atoms with van der Waals surface area (Å²) < 4.78 is 6.02. The van der Waals surface area contributed by atoms with Gasteiger partial charge in [-0.3, -0.25) is 9.78 Å². The number of hydrogen-bond donors (Lipinski definition) is 2. The van der Waals surface area contributed by atoms with Gasteiger partial charge in [-0.25, -0.2) is 0 Å². The zero-order valence-electron chi connectivity index (χ0n) is 15.1. The van der Waals surface area contributed by atoms with Gasteiger partial charge in [0.15, 0.2) is 0 Å². The Kier molecular flexibility index (Phi) is 4.89. The fourth-order valence-electron chi connectivity index (χ4n) is 3.00. The number of aromatic nitrogens is 1. The summed E-state index contributed by atoms with van der Waals surface area (Å²) >= 11 is 0. The molecule has 0 bridgehead atoms. The summed E-state index contributed by atoms with van der Waals surface area (Å²) in [4.78, 5) is 16.6. The van der Waals surface area contributed by atoms with E-state index in [1.807, 2.05) is 66.7 Å². The van der Waals surface area contributed by atoms with Crippen LogP contribution in [0.3, 0.4) is 0 Å². The molecule has 3 N–H and O–H groups in total. The number of anilines is 2. The molecule has 4 rings (SSSR count). The first-order valence-electron chi connectivity index (χ1n) is 8.92. The molecule has 0 atom stereocenters. The Hall–Kier alpha value is -3.86. The van der Waals surface area contributed by atoms with E-state index in [1.165, 1.54) is 6.20 Å². The number of hydrogen-bond acceptors (Lipinski definition) is 4. The monoisotopic (exact) mass is 369 g/mol. The first kappa shape index (κ1) is 17.5. The molecule has 0 aliphatic heterocycles. The van der Waals surface area contributed by atoms with Crippen molar-refractivity contribution in [3.8, 4) is 5.75 Å². The van der Waals surface area contributed by atoms with E-state index >= 15 is 0 Å². The summed E-state index contributed by atoms with van der Waals surface area (Å²) in [5, 5.41) is 4.74. The lowest BCUT2D eigenvalue weighted by Gasteiger charge is -2.13. The second-order valence-corrected chi connectivity index (χ2v) is 6.36. The minimum atomic E-state index is -0.310. The number of ether oxygens (including phenoxy) is 1. The van der Waals surface area contributed by atoms with Crippen LogP contribution in [-0.4, -0.2) is 10.9 Å². The van der Waals surface area contributed by atoms with Crippen LogP contribution >= 0.6 is 0 Å². The average Bonchev–Trinajstić information content (AvgIpc) is 2.74. The maximum atomic E-state index is 12.5. The van der Waals surface area contributed by atoms with Crippen LogP contribution in [0.5, 0.6) is 5.75 Å². The smallest absolute Gasteiger partial charge is 0.274 e. The van der Waals surface area contributed by atoms with Crippen LogP contribution in [-0.2, 0) is 6.61 Å². The third-order valence-electron chi connectivity index (χ3n) is 4.39. The van der Waals surface area contributed by atoms with Crippen molar-refractivity contribution in [3.63, 3.8) is 0 Å². The molecule has 0 saturated heterocycles. The third kappa shape index (κ3) is 3.78. The number of carbonyl (C=O) groups excluding carboxylic acids is 1. The summed E-state index contributed by atoms with van der Waals surface area (Å²) in [6.45, 7) is 0.476. The van der Waals surface area contributed by atoms with Gasteiger partial charge in [0.1, 0.15) is 18.1 Å². The van der Waals surface area contributed by atoms with Gasteiger partial charge in [0, 0.05) is 28.3 Å². The van der Waals surface area contributed by atoms with Crippen LogP contribution in [0.25, 0.3) is 10.8 Å². The number of carbonyl (C=O) groups is 1. The zero-order valence-corrected chi connectivity index (χ0v) is 15.1. The van der Waals surface area contributed by atoms with Crippen molar-refractivity contribution in [2.45, 2.75) is 6.61 Å². The summed E-state index contributed by atoms with van der Waals surface area (Å²) in [5.41, 5.74) is 8.30. The number of nitrogens with zero attached hydrogens (tertiary/aromatic N) is 1. The van der Waals surface area contributed by atoms with Gasteiger partial charge in [0.05, 0.1) is 0 Å². The molecular formula is C23H19N3O2. The van der Waals surface area contributed by atoms with Crippen LogP contribution in [0.15, 0.2) is 85.1 Å². The minimum absolute atomic E-state index is 0.272. The molecule has 0 fully saturated rings. The van der Waals surface area contributed by atoms with E-state index in [0.717, 1.165) is 22.1 Å². The van der Waals surface area contributed by atoms with Gasteiger partial charge in [-0.2, -0.15) is 0 Å². The van der Waals surface area contributed by atoms with E-state index < -0.39 is 0 Å². The topological polar surface area (TPSA) is 77.2 Å². The third-order valence-corrected chi connectivity index (χ3v) is 4.39. The number of rotatable bonds is 5. The van der Waals surface area contributed by atoms with Crippen LogP contribution in [0, 0.1) is 0 Å². The highest BCUT2D eigenvalue weighted by atomic mass is 16.5. The molecule has 1 amide bonds. The lowest BCUT2D eigenvalue weighted by Crippen LogP contribution is -2.14. The Balaban J connectivity index is 1.61. The Morgan fingerprint density at radius 2 is 1.68 bits per heavy atom. The maximum absolute atomic E-state index is 12.5. The van der Waals surface area contributed by atoms with E-state index in [-0.39, 0.29) is 11.6 Å².